The van der Waals surface area contributed by atoms with Crippen molar-refractivity contribution in [1.29, 1.82) is 0 Å². The molecule has 4 rings (SSSR count). The fourth-order valence-electron chi connectivity index (χ4n) is 9.88. The highest BCUT2D eigenvalue weighted by Gasteiger charge is 2.60. The zero-order valence-electron chi connectivity index (χ0n) is 22.7. The summed E-state index contributed by atoms with van der Waals surface area (Å²) in [7, 11) is 0. The summed E-state index contributed by atoms with van der Waals surface area (Å²) >= 11 is 0. The lowest BCUT2D eigenvalue weighted by Crippen LogP contribution is -2.52. The van der Waals surface area contributed by atoms with Crippen molar-refractivity contribution in [3.8, 4) is 0 Å². The molecule has 188 valence electrons. The van der Waals surface area contributed by atoms with Gasteiger partial charge in [0.1, 0.15) is 0 Å². The van der Waals surface area contributed by atoms with Crippen LogP contribution in [0.1, 0.15) is 119 Å². The maximum Gasteiger partial charge on any atom is 0.221 e. The van der Waals surface area contributed by atoms with Crippen LogP contribution in [0.15, 0.2) is 11.6 Å². The predicted octanol–water partition coefficient (Wildman–Crippen LogP) is 8.16. The van der Waals surface area contributed by atoms with Crippen LogP contribution in [-0.4, -0.2) is 5.91 Å². The average molecular weight is 456 g/mol. The van der Waals surface area contributed by atoms with Gasteiger partial charge in [-0.25, -0.2) is 0 Å². The molecule has 2 heteroatoms. The number of allylic oxidation sites excluding steroid dienone is 2. The van der Waals surface area contributed by atoms with Crippen molar-refractivity contribution in [3.63, 3.8) is 0 Å². The van der Waals surface area contributed by atoms with Crippen molar-refractivity contribution >= 4 is 5.91 Å². The molecule has 0 aliphatic heterocycles. The minimum atomic E-state index is -0.0557. The second-order valence-corrected chi connectivity index (χ2v) is 13.8. The molecule has 3 fully saturated rings. The van der Waals surface area contributed by atoms with Gasteiger partial charge in [0.2, 0.25) is 5.91 Å². The van der Waals surface area contributed by atoms with Crippen LogP contribution in [0.4, 0.5) is 0 Å². The van der Waals surface area contributed by atoms with Crippen LogP contribution in [0, 0.1) is 58.2 Å². The molecular weight excluding hydrogens is 402 g/mol. The van der Waals surface area contributed by atoms with Gasteiger partial charge >= 0.3 is 0 Å². The SMILES string of the molecule is CCCC1C[C@@]2(C)C(=CC[C@H]3[C@@H]4CC[C@H]([C@H](C)CCCC(C)C)[C@@]4(C)CC[C@@H]32)CC1C(N)=O. The smallest absolute Gasteiger partial charge is 0.221 e. The van der Waals surface area contributed by atoms with Gasteiger partial charge < -0.3 is 5.73 Å². The Morgan fingerprint density at radius 1 is 1.12 bits per heavy atom. The molecule has 2 unspecified atom stereocenters. The summed E-state index contributed by atoms with van der Waals surface area (Å²) in [5.74, 6) is 5.71. The molecule has 2 nitrogen and oxygen atoms in total. The fourth-order valence-corrected chi connectivity index (χ4v) is 9.88. The zero-order valence-corrected chi connectivity index (χ0v) is 22.7. The largest absolute Gasteiger partial charge is 0.369 e. The Hall–Kier alpha value is -0.790. The number of nitrogens with two attached hydrogens (primary N) is 1. The highest BCUT2D eigenvalue weighted by molar-refractivity contribution is 5.77. The Labute approximate surface area is 204 Å². The summed E-state index contributed by atoms with van der Waals surface area (Å²) in [6, 6.07) is 0. The first-order chi connectivity index (χ1) is 15.6. The highest BCUT2D eigenvalue weighted by atomic mass is 16.1. The molecule has 0 aromatic heterocycles. The van der Waals surface area contributed by atoms with Gasteiger partial charge in [-0.1, -0.05) is 78.9 Å². The Morgan fingerprint density at radius 2 is 1.88 bits per heavy atom. The Bertz CT molecular complexity index is 739. The minimum absolute atomic E-state index is 0.0557. The number of carbonyl (C=O) groups excluding carboxylic acids is 1. The first-order valence-electron chi connectivity index (χ1n) is 14.6. The molecule has 0 bridgehead atoms. The van der Waals surface area contributed by atoms with E-state index in [9.17, 15) is 4.79 Å². The van der Waals surface area contributed by atoms with E-state index in [1.807, 2.05) is 0 Å². The van der Waals surface area contributed by atoms with Crippen LogP contribution in [0.2, 0.25) is 0 Å². The maximum atomic E-state index is 12.3. The first kappa shape index (κ1) is 25.3. The van der Waals surface area contributed by atoms with E-state index in [1.165, 1.54) is 57.8 Å². The molecule has 0 spiro atoms. The minimum Gasteiger partial charge on any atom is -0.369 e. The summed E-state index contributed by atoms with van der Waals surface area (Å²) in [6.45, 7) is 14.8. The molecule has 1 amide bonds. The van der Waals surface area contributed by atoms with Crippen LogP contribution in [0.3, 0.4) is 0 Å². The van der Waals surface area contributed by atoms with Crippen molar-refractivity contribution < 1.29 is 4.79 Å². The van der Waals surface area contributed by atoms with E-state index in [1.54, 1.807) is 5.57 Å². The third-order valence-corrected chi connectivity index (χ3v) is 11.5. The van der Waals surface area contributed by atoms with E-state index < -0.39 is 0 Å². The summed E-state index contributed by atoms with van der Waals surface area (Å²) in [6.07, 6.45) is 18.3. The molecule has 33 heavy (non-hydrogen) atoms. The molecule has 0 heterocycles. The van der Waals surface area contributed by atoms with Crippen molar-refractivity contribution in [1.82, 2.24) is 0 Å². The molecule has 0 saturated heterocycles. The van der Waals surface area contributed by atoms with Crippen LogP contribution < -0.4 is 5.73 Å². The maximum absolute atomic E-state index is 12.3. The van der Waals surface area contributed by atoms with Crippen molar-refractivity contribution in [3.05, 3.63) is 11.6 Å². The summed E-state index contributed by atoms with van der Waals surface area (Å²) in [5.41, 5.74) is 8.35. The zero-order chi connectivity index (χ0) is 24.0. The van der Waals surface area contributed by atoms with Gasteiger partial charge in [0, 0.05) is 5.92 Å². The highest BCUT2D eigenvalue weighted by Crippen LogP contribution is 2.68. The fraction of sp³-hybridized carbons (Fsp3) is 0.903. The van der Waals surface area contributed by atoms with E-state index in [4.69, 9.17) is 5.73 Å². The van der Waals surface area contributed by atoms with E-state index in [2.05, 4.69) is 47.6 Å². The van der Waals surface area contributed by atoms with Crippen molar-refractivity contribution in [2.45, 2.75) is 119 Å². The second-order valence-electron chi connectivity index (χ2n) is 13.8. The topological polar surface area (TPSA) is 43.1 Å². The van der Waals surface area contributed by atoms with Crippen LogP contribution in [0.5, 0.6) is 0 Å². The summed E-state index contributed by atoms with van der Waals surface area (Å²) in [5, 5.41) is 0. The van der Waals surface area contributed by atoms with Gasteiger partial charge in [-0.2, -0.15) is 0 Å². The lowest BCUT2D eigenvalue weighted by molar-refractivity contribution is -0.126. The van der Waals surface area contributed by atoms with Crippen molar-refractivity contribution in [2.75, 3.05) is 0 Å². The third kappa shape index (κ3) is 4.47. The number of rotatable bonds is 8. The van der Waals surface area contributed by atoms with Gasteiger partial charge in [-0.15, -0.1) is 0 Å². The Kier molecular flexibility index (Phi) is 7.43. The first-order valence-corrected chi connectivity index (χ1v) is 14.6. The lowest BCUT2D eigenvalue weighted by atomic mass is 9.45. The van der Waals surface area contributed by atoms with Crippen LogP contribution in [-0.2, 0) is 4.79 Å². The summed E-state index contributed by atoms with van der Waals surface area (Å²) in [4.78, 5) is 12.3. The monoisotopic (exact) mass is 455 g/mol. The number of hydrogen-bond acceptors (Lipinski definition) is 1. The van der Waals surface area contributed by atoms with E-state index >= 15 is 0 Å². The van der Waals surface area contributed by atoms with Gasteiger partial charge in [-0.3, -0.25) is 4.79 Å². The Morgan fingerprint density at radius 3 is 2.55 bits per heavy atom. The normalized spacial score (nSPS) is 43.4. The van der Waals surface area contributed by atoms with Gasteiger partial charge in [-0.05, 0) is 104 Å². The van der Waals surface area contributed by atoms with Gasteiger partial charge in [0.05, 0.1) is 0 Å². The summed E-state index contributed by atoms with van der Waals surface area (Å²) < 4.78 is 0. The van der Waals surface area contributed by atoms with Gasteiger partial charge in [0.15, 0.2) is 0 Å². The number of fused-ring (bicyclic) bond motifs is 5. The molecule has 4 aliphatic rings. The predicted molar refractivity (Wildman–Crippen MR) is 140 cm³/mol. The number of amides is 1. The standard InChI is InChI=1S/C31H53NO/c1-7-9-22-19-31(6)23(18-25(22)29(32)33)12-13-24-27-15-14-26(21(4)11-8-10-20(2)3)30(27,5)17-16-28(24)31/h12,20-22,24-28H,7-11,13-19H2,1-6H3,(H2,32,33)/t21-,22?,24+,25?,26-,27+,28+,30-,31+/m1/s1. The van der Waals surface area contributed by atoms with Crippen molar-refractivity contribution in [2.24, 2.45) is 63.9 Å². The molecule has 4 aliphatic carbocycles. The number of primary amides is 1. The average Bonchev–Trinajstić information content (AvgIpc) is 3.10. The van der Waals surface area contributed by atoms with E-state index in [0.717, 1.165) is 54.8 Å². The van der Waals surface area contributed by atoms with E-state index in [0.29, 0.717) is 16.7 Å². The molecule has 2 N–H and O–H groups in total. The molecule has 9 atom stereocenters. The Balaban J connectivity index is 1.52. The molecule has 3 saturated carbocycles. The van der Waals surface area contributed by atoms with Crippen LogP contribution >= 0.6 is 0 Å². The molecule has 0 radical (unpaired) electrons. The molecule has 0 aromatic carbocycles. The third-order valence-electron chi connectivity index (χ3n) is 11.5. The van der Waals surface area contributed by atoms with Gasteiger partial charge in [0.25, 0.3) is 0 Å². The quantitative estimate of drug-likeness (QED) is 0.369. The lowest BCUT2D eigenvalue weighted by Gasteiger charge is -2.59. The molecule has 0 aromatic rings. The van der Waals surface area contributed by atoms with E-state index in [-0.39, 0.29) is 11.8 Å². The van der Waals surface area contributed by atoms with Crippen LogP contribution in [0.25, 0.3) is 0 Å². The number of carbonyl (C=O) groups is 1. The molecular formula is C31H53NO. The number of hydrogen-bond donors (Lipinski definition) is 1. The second kappa shape index (κ2) is 9.69.